The van der Waals surface area contributed by atoms with Crippen molar-refractivity contribution in [1.29, 1.82) is 0 Å². The molecule has 3 N–H and O–H groups in total. The predicted octanol–water partition coefficient (Wildman–Crippen LogP) is 4.06. The highest BCUT2D eigenvalue weighted by Gasteiger charge is 2.21. The second-order valence-electron chi connectivity index (χ2n) is 7.30. The smallest absolute Gasteiger partial charge is 0.225 e. The minimum Gasteiger partial charge on any atom is -0.225 e. The Hall–Kier alpha value is -3.61. The van der Waals surface area contributed by atoms with Gasteiger partial charge in [-0.25, -0.2) is 22.3 Å². The average molecular weight is 521 g/mol. The maximum atomic E-state index is 13.0. The van der Waals surface area contributed by atoms with Gasteiger partial charge in [0.15, 0.2) is 0 Å². The lowest BCUT2D eigenvalue weighted by atomic mass is 10.1. The number of sulfonamides is 2. The minimum absolute atomic E-state index is 0.0129. The third-order valence-corrected chi connectivity index (χ3v) is 6.87. The number of rotatable bonds is 6. The second-order valence-corrected chi connectivity index (χ2v) is 10.5. The number of nitrogens with one attached hydrogen (secondary N) is 1. The number of nitrogens with zero attached hydrogens (tertiary/aromatic N) is 2. The van der Waals surface area contributed by atoms with E-state index in [2.05, 4.69) is 9.93 Å². The molecule has 35 heavy (non-hydrogen) atoms. The minimum atomic E-state index is -3.96. The molecule has 0 aliphatic carbocycles. The summed E-state index contributed by atoms with van der Waals surface area (Å²) in [4.78, 5) is 3.27. The number of benzene rings is 3. The number of hydrogen-bond acceptors (Lipinski definition) is 5. The van der Waals surface area contributed by atoms with Crippen molar-refractivity contribution in [2.45, 2.75) is 23.1 Å². The summed E-state index contributed by atoms with van der Waals surface area (Å²) < 4.78 is 72.2. The van der Waals surface area contributed by atoms with E-state index in [-0.39, 0.29) is 15.5 Å². The van der Waals surface area contributed by atoms with Crippen LogP contribution >= 0.6 is 0 Å². The van der Waals surface area contributed by atoms with Crippen molar-refractivity contribution in [1.82, 2.24) is 9.89 Å². The largest absolute Gasteiger partial charge is 0.282 e. The molecule has 0 saturated heterocycles. The summed E-state index contributed by atoms with van der Waals surface area (Å²) in [6.07, 6.45) is -2.81. The van der Waals surface area contributed by atoms with Gasteiger partial charge in [-0.05, 0) is 37.3 Å². The van der Waals surface area contributed by atoms with Crippen LogP contribution in [0.3, 0.4) is 0 Å². The summed E-state index contributed by atoms with van der Waals surface area (Å²) in [5.74, 6) is 0. The van der Waals surface area contributed by atoms with E-state index >= 15 is 0 Å². The molecule has 0 bridgehead atoms. The number of aromatic nitrogens is 2. The highest BCUT2D eigenvalue weighted by atomic mass is 32.2. The fraction of sp³-hybridized carbons (Fsp3) is 0.0870. The van der Waals surface area contributed by atoms with E-state index in [1.807, 2.05) is 6.92 Å². The van der Waals surface area contributed by atoms with E-state index in [0.717, 1.165) is 10.4 Å². The topological polar surface area (TPSA) is 124 Å². The molecule has 1 heterocycles. The number of halogens is 2. The molecular formula is C23H22F2N4O4S2. The Bertz CT molecular complexity index is 1480. The van der Waals surface area contributed by atoms with Gasteiger partial charge in [0, 0.05) is 5.56 Å². The molecule has 0 aliphatic rings. The van der Waals surface area contributed by atoms with Crippen LogP contribution < -0.4 is 9.97 Å². The van der Waals surface area contributed by atoms with Gasteiger partial charge in [-0.2, -0.15) is 23.1 Å². The molecule has 0 unspecified atom stereocenters. The Labute approximate surface area is 202 Å². The molecule has 4 aromatic rings. The molecule has 0 fully saturated rings. The number of hydrogen-bond donors (Lipinski definition) is 2. The van der Waals surface area contributed by atoms with E-state index in [1.54, 1.807) is 60.7 Å². The maximum absolute atomic E-state index is 13.0. The average Bonchev–Trinajstić information content (AvgIpc) is 3.24. The summed E-state index contributed by atoms with van der Waals surface area (Å²) in [6.45, 7) is 1.89. The van der Waals surface area contributed by atoms with Crippen molar-refractivity contribution in [3.63, 3.8) is 0 Å². The van der Waals surface area contributed by atoms with Crippen LogP contribution in [0.25, 0.3) is 11.3 Å². The summed E-state index contributed by atoms with van der Waals surface area (Å²) in [5.41, 5.74) is 1.29. The van der Waals surface area contributed by atoms with E-state index in [1.165, 1.54) is 30.3 Å². The molecule has 0 aliphatic heterocycles. The first-order valence-corrected chi connectivity index (χ1v) is 13.1. The van der Waals surface area contributed by atoms with Gasteiger partial charge >= 0.3 is 0 Å². The zero-order valence-electron chi connectivity index (χ0n) is 18.4. The number of nitrogens with two attached hydrogens (primary N) is 1. The van der Waals surface area contributed by atoms with Crippen molar-refractivity contribution in [2.24, 2.45) is 5.14 Å². The lowest BCUT2D eigenvalue weighted by Gasteiger charge is -2.11. The quantitative estimate of drug-likeness (QED) is 0.397. The maximum Gasteiger partial charge on any atom is 0.282 e. The van der Waals surface area contributed by atoms with Crippen molar-refractivity contribution in [3.8, 4) is 11.3 Å². The van der Waals surface area contributed by atoms with Gasteiger partial charge in [0.25, 0.3) is 16.4 Å². The molecule has 0 atom stereocenters. The summed E-state index contributed by atoms with van der Waals surface area (Å²) >= 11 is 0. The molecule has 0 spiro atoms. The van der Waals surface area contributed by atoms with E-state index < -0.39 is 32.2 Å². The van der Waals surface area contributed by atoms with Crippen LogP contribution in [0.5, 0.6) is 0 Å². The highest BCUT2D eigenvalue weighted by molar-refractivity contribution is 7.92. The first kappa shape index (κ1) is 26.0. The summed E-state index contributed by atoms with van der Waals surface area (Å²) in [7, 11) is -7.46. The van der Waals surface area contributed by atoms with Gasteiger partial charge in [-0.3, -0.25) is 0 Å². The van der Waals surface area contributed by atoms with Gasteiger partial charge < -0.3 is 0 Å². The fourth-order valence-corrected chi connectivity index (χ4v) is 4.41. The van der Waals surface area contributed by atoms with Gasteiger partial charge in [0.2, 0.25) is 10.0 Å². The van der Waals surface area contributed by atoms with E-state index in [9.17, 15) is 25.6 Å². The van der Waals surface area contributed by atoms with Crippen LogP contribution in [0, 0.1) is 6.92 Å². The zero-order valence-corrected chi connectivity index (χ0v) is 20.0. The lowest BCUT2D eigenvalue weighted by Crippen LogP contribution is -2.25. The van der Waals surface area contributed by atoms with Crippen molar-refractivity contribution in [2.75, 3.05) is 4.83 Å². The van der Waals surface area contributed by atoms with Gasteiger partial charge in [0.05, 0.1) is 15.5 Å². The Morgan fingerprint density at radius 2 is 1.34 bits per heavy atom. The van der Waals surface area contributed by atoms with Gasteiger partial charge in [-0.1, -0.05) is 66.2 Å². The lowest BCUT2D eigenvalue weighted by molar-refractivity contribution is 0.145. The van der Waals surface area contributed by atoms with Crippen molar-refractivity contribution >= 4 is 20.0 Å². The molecule has 1 aromatic heterocycles. The Morgan fingerprint density at radius 3 is 1.80 bits per heavy atom. The first-order valence-electron chi connectivity index (χ1n) is 10.1. The number of aryl methyl sites for hydroxylation is 1. The molecule has 0 radical (unpaired) electrons. The first-order chi connectivity index (χ1) is 16.5. The molecule has 0 amide bonds. The fourth-order valence-electron chi connectivity index (χ4n) is 2.88. The molecule has 4 rings (SSSR count). The van der Waals surface area contributed by atoms with Crippen LogP contribution in [0.15, 0.2) is 101 Å². The third-order valence-electron chi connectivity index (χ3n) is 4.63. The molecule has 12 heteroatoms. The summed E-state index contributed by atoms with van der Waals surface area (Å²) in [6, 6.07) is 23.7. The Kier molecular flexibility index (Phi) is 7.99. The second kappa shape index (κ2) is 10.8. The van der Waals surface area contributed by atoms with Gasteiger partial charge in [0.1, 0.15) is 5.69 Å². The monoisotopic (exact) mass is 520 g/mol. The molecular weight excluding hydrogens is 498 g/mol. The van der Waals surface area contributed by atoms with Gasteiger partial charge in [-0.15, -0.1) is 0 Å². The molecule has 8 nitrogen and oxygen atoms in total. The molecule has 0 saturated carbocycles. The summed E-state index contributed by atoms with van der Waals surface area (Å²) in [5, 5.41) is 8.52. The predicted molar refractivity (Wildman–Crippen MR) is 128 cm³/mol. The van der Waals surface area contributed by atoms with Crippen molar-refractivity contribution in [3.05, 3.63) is 102 Å². The molecule has 3 aromatic carbocycles. The van der Waals surface area contributed by atoms with Crippen LogP contribution in [-0.4, -0.2) is 26.7 Å². The van der Waals surface area contributed by atoms with E-state index in [4.69, 9.17) is 5.14 Å². The third kappa shape index (κ3) is 6.94. The van der Waals surface area contributed by atoms with Crippen LogP contribution in [0.2, 0.25) is 0 Å². The van der Waals surface area contributed by atoms with Crippen LogP contribution in [0.1, 0.15) is 17.7 Å². The molecule has 184 valence electrons. The zero-order chi connectivity index (χ0) is 25.6. The Morgan fingerprint density at radius 1 is 0.829 bits per heavy atom. The van der Waals surface area contributed by atoms with Crippen LogP contribution in [0.4, 0.5) is 8.78 Å². The highest BCUT2D eigenvalue weighted by Crippen LogP contribution is 2.26. The number of alkyl halides is 2. The van der Waals surface area contributed by atoms with Crippen LogP contribution in [-0.2, 0) is 20.0 Å². The standard InChI is InChI=1S/C17H15F2N3O2S.C6H7NO2S/c1-12-7-9-13(10-8-12)16-11-15(17(18)19)20-22(16)21-25(23,24)14-5-3-2-4-6-14;7-10(8,9)6-4-2-1-3-5-6/h2-11,17,21H,1H3;1-5H,(H2,7,8,9). The number of primary sulfonamides is 1. The van der Waals surface area contributed by atoms with E-state index in [0.29, 0.717) is 5.56 Å². The Balaban J connectivity index is 0.000000287. The normalized spacial score (nSPS) is 11.6. The SMILES string of the molecule is Cc1ccc(-c2cc(C(F)F)nn2NS(=O)(=O)c2ccccc2)cc1.NS(=O)(=O)c1ccccc1. The van der Waals surface area contributed by atoms with Crippen molar-refractivity contribution < 1.29 is 25.6 Å².